The molecule has 28 heavy (non-hydrogen) atoms. The first kappa shape index (κ1) is 19.8. The van der Waals surface area contributed by atoms with Crippen LogP contribution in [0, 0.1) is 5.92 Å². The molecule has 5 nitrogen and oxygen atoms in total. The Balaban J connectivity index is 1.63. The molecule has 1 aliphatic carbocycles. The monoisotopic (exact) mass is 382 g/mol. The highest BCUT2D eigenvalue weighted by atomic mass is 16.5. The van der Waals surface area contributed by atoms with Crippen molar-refractivity contribution in [2.45, 2.75) is 25.9 Å². The number of methoxy groups -OCH3 is 2. The van der Waals surface area contributed by atoms with Crippen molar-refractivity contribution in [3.8, 4) is 17.2 Å². The summed E-state index contributed by atoms with van der Waals surface area (Å²) in [5.74, 6) is 2.13. The van der Waals surface area contributed by atoms with Gasteiger partial charge in [-0.1, -0.05) is 36.4 Å². The molecule has 148 valence electrons. The summed E-state index contributed by atoms with van der Waals surface area (Å²) in [5.41, 5.74) is 1.93. The van der Waals surface area contributed by atoms with Crippen LogP contribution < -0.4 is 14.2 Å². The lowest BCUT2D eigenvalue weighted by molar-refractivity contribution is -0.142. The van der Waals surface area contributed by atoms with Gasteiger partial charge in [-0.3, -0.25) is 4.79 Å². The van der Waals surface area contributed by atoms with E-state index in [-0.39, 0.29) is 12.6 Å². The lowest BCUT2D eigenvalue weighted by Crippen LogP contribution is -2.04. The standard InChI is InChI=1S/C23H26O5/c1-25-20-13-19(9-6-12-27-22(24)15-17-10-11-17)14-21(26-2)23(20)28-16-18-7-4-3-5-8-18/h3-9,13-14,17H,10-12,15-16H2,1-2H3/b9-6+. The van der Waals surface area contributed by atoms with E-state index in [0.29, 0.717) is 36.2 Å². The van der Waals surface area contributed by atoms with E-state index in [9.17, 15) is 4.79 Å². The number of rotatable bonds is 10. The van der Waals surface area contributed by atoms with Crippen LogP contribution >= 0.6 is 0 Å². The second-order valence-corrected chi connectivity index (χ2v) is 6.76. The first-order valence-corrected chi connectivity index (χ1v) is 9.44. The Labute approximate surface area is 165 Å². The van der Waals surface area contributed by atoms with Gasteiger partial charge in [-0.2, -0.15) is 0 Å². The van der Waals surface area contributed by atoms with Crippen molar-refractivity contribution in [3.05, 3.63) is 59.7 Å². The van der Waals surface area contributed by atoms with Crippen molar-refractivity contribution < 1.29 is 23.7 Å². The summed E-state index contributed by atoms with van der Waals surface area (Å²) < 4.78 is 22.1. The third-order valence-electron chi connectivity index (χ3n) is 4.51. The van der Waals surface area contributed by atoms with Crippen LogP contribution in [0.5, 0.6) is 17.2 Å². The Bertz CT molecular complexity index is 784. The molecule has 0 amide bonds. The fourth-order valence-corrected chi connectivity index (χ4v) is 2.81. The summed E-state index contributed by atoms with van der Waals surface area (Å²) in [4.78, 5) is 11.6. The van der Waals surface area contributed by atoms with E-state index >= 15 is 0 Å². The van der Waals surface area contributed by atoms with Crippen LogP contribution in [0.4, 0.5) is 0 Å². The molecule has 5 heteroatoms. The molecule has 1 saturated carbocycles. The van der Waals surface area contributed by atoms with Crippen LogP contribution in [-0.4, -0.2) is 26.8 Å². The molecule has 0 saturated heterocycles. The topological polar surface area (TPSA) is 54.0 Å². The average Bonchev–Trinajstić information content (AvgIpc) is 3.54. The molecule has 1 fully saturated rings. The zero-order valence-electron chi connectivity index (χ0n) is 16.4. The van der Waals surface area contributed by atoms with Gasteiger partial charge in [-0.15, -0.1) is 0 Å². The van der Waals surface area contributed by atoms with E-state index < -0.39 is 0 Å². The van der Waals surface area contributed by atoms with Gasteiger partial charge >= 0.3 is 5.97 Å². The number of carbonyl (C=O) groups excluding carboxylic acids is 1. The maximum absolute atomic E-state index is 11.6. The number of carbonyl (C=O) groups is 1. The van der Waals surface area contributed by atoms with Crippen LogP contribution in [0.3, 0.4) is 0 Å². The summed E-state index contributed by atoms with van der Waals surface area (Å²) in [6.07, 6.45) is 6.50. The molecule has 0 atom stereocenters. The Kier molecular flexibility index (Phi) is 6.95. The van der Waals surface area contributed by atoms with Crippen LogP contribution in [0.1, 0.15) is 30.4 Å². The van der Waals surface area contributed by atoms with Crippen molar-refractivity contribution in [3.63, 3.8) is 0 Å². The molecule has 0 aromatic heterocycles. The minimum atomic E-state index is -0.132. The van der Waals surface area contributed by atoms with Crippen molar-refractivity contribution >= 4 is 12.0 Å². The second-order valence-electron chi connectivity index (χ2n) is 6.76. The van der Waals surface area contributed by atoms with Gasteiger partial charge in [-0.25, -0.2) is 0 Å². The zero-order valence-corrected chi connectivity index (χ0v) is 16.4. The van der Waals surface area contributed by atoms with Crippen LogP contribution in [0.15, 0.2) is 48.5 Å². The lowest BCUT2D eigenvalue weighted by atomic mass is 10.1. The molecule has 0 bridgehead atoms. The molecule has 0 spiro atoms. The van der Waals surface area contributed by atoms with Gasteiger partial charge in [0, 0.05) is 6.42 Å². The van der Waals surface area contributed by atoms with E-state index in [2.05, 4.69) is 0 Å². The largest absolute Gasteiger partial charge is 0.493 e. The highest BCUT2D eigenvalue weighted by Gasteiger charge is 2.24. The Morgan fingerprint density at radius 2 is 1.75 bits per heavy atom. The number of benzene rings is 2. The Morgan fingerprint density at radius 1 is 1.07 bits per heavy atom. The maximum Gasteiger partial charge on any atom is 0.306 e. The average molecular weight is 382 g/mol. The van der Waals surface area contributed by atoms with Gasteiger partial charge in [0.25, 0.3) is 0 Å². The molecule has 2 aromatic rings. The highest BCUT2D eigenvalue weighted by molar-refractivity contribution is 5.70. The zero-order chi connectivity index (χ0) is 19.8. The van der Waals surface area contributed by atoms with E-state index in [0.717, 1.165) is 24.0 Å². The molecule has 0 heterocycles. The van der Waals surface area contributed by atoms with Crippen LogP contribution in [-0.2, 0) is 16.1 Å². The third-order valence-corrected chi connectivity index (χ3v) is 4.51. The van der Waals surface area contributed by atoms with Gasteiger partial charge in [0.05, 0.1) is 14.2 Å². The van der Waals surface area contributed by atoms with Gasteiger partial charge < -0.3 is 18.9 Å². The first-order chi connectivity index (χ1) is 13.7. The first-order valence-electron chi connectivity index (χ1n) is 9.44. The minimum absolute atomic E-state index is 0.132. The molecule has 3 rings (SSSR count). The van der Waals surface area contributed by atoms with E-state index in [1.54, 1.807) is 14.2 Å². The summed E-state index contributed by atoms with van der Waals surface area (Å²) in [7, 11) is 3.19. The van der Waals surface area contributed by atoms with Crippen LogP contribution in [0.2, 0.25) is 0 Å². The van der Waals surface area contributed by atoms with Gasteiger partial charge in [0.2, 0.25) is 5.75 Å². The summed E-state index contributed by atoms with van der Waals surface area (Å²) in [6.45, 7) is 0.669. The quantitative estimate of drug-likeness (QED) is 0.560. The normalized spacial score (nSPS) is 13.4. The van der Waals surface area contributed by atoms with Crippen molar-refractivity contribution in [2.24, 2.45) is 5.92 Å². The third kappa shape index (κ3) is 5.78. The van der Waals surface area contributed by atoms with Gasteiger partial charge in [0.15, 0.2) is 11.5 Å². The Morgan fingerprint density at radius 3 is 2.36 bits per heavy atom. The summed E-state index contributed by atoms with van der Waals surface area (Å²) in [5, 5.41) is 0. The SMILES string of the molecule is COc1cc(/C=C/COC(=O)CC2CC2)cc(OC)c1OCc1ccccc1. The summed E-state index contributed by atoms with van der Waals surface area (Å²) >= 11 is 0. The molecule has 2 aromatic carbocycles. The molecular formula is C23H26O5. The second kappa shape index (κ2) is 9.83. The fraction of sp³-hybridized carbons (Fsp3) is 0.348. The van der Waals surface area contributed by atoms with Crippen molar-refractivity contribution in [1.82, 2.24) is 0 Å². The smallest absolute Gasteiger partial charge is 0.306 e. The van der Waals surface area contributed by atoms with Crippen LogP contribution in [0.25, 0.3) is 6.08 Å². The number of hydrogen-bond donors (Lipinski definition) is 0. The number of esters is 1. The van der Waals surface area contributed by atoms with Gasteiger partial charge in [-0.05, 0) is 48.1 Å². The predicted octanol–water partition coefficient (Wildman–Crippen LogP) is 4.64. The number of hydrogen-bond acceptors (Lipinski definition) is 5. The predicted molar refractivity (Wildman–Crippen MR) is 108 cm³/mol. The molecule has 0 unspecified atom stereocenters. The molecular weight excluding hydrogens is 356 g/mol. The number of ether oxygens (including phenoxy) is 4. The van der Waals surface area contributed by atoms with E-state index in [1.807, 2.05) is 54.6 Å². The minimum Gasteiger partial charge on any atom is -0.493 e. The van der Waals surface area contributed by atoms with E-state index in [4.69, 9.17) is 18.9 Å². The van der Waals surface area contributed by atoms with Crippen molar-refractivity contribution in [1.29, 1.82) is 0 Å². The molecule has 0 radical (unpaired) electrons. The van der Waals surface area contributed by atoms with Crippen molar-refractivity contribution in [2.75, 3.05) is 20.8 Å². The lowest BCUT2D eigenvalue weighted by Gasteiger charge is -2.15. The molecule has 0 aliphatic heterocycles. The summed E-state index contributed by atoms with van der Waals surface area (Å²) in [6, 6.07) is 13.6. The maximum atomic E-state index is 11.6. The van der Waals surface area contributed by atoms with Gasteiger partial charge in [0.1, 0.15) is 13.2 Å². The highest BCUT2D eigenvalue weighted by Crippen LogP contribution is 2.39. The Hall–Kier alpha value is -2.95. The molecule has 0 N–H and O–H groups in total. The molecule has 1 aliphatic rings. The van der Waals surface area contributed by atoms with E-state index in [1.165, 1.54) is 0 Å². The fourth-order valence-electron chi connectivity index (χ4n) is 2.81.